The molecule has 0 saturated carbocycles. The molecule has 192 valence electrons. The van der Waals surface area contributed by atoms with Gasteiger partial charge >= 0.3 is 6.03 Å². The summed E-state index contributed by atoms with van der Waals surface area (Å²) < 4.78 is 5.75. The molecule has 1 aliphatic heterocycles. The number of carbonyl (C=O) groups is 3. The molecular formula is C27H30N6O4. The summed E-state index contributed by atoms with van der Waals surface area (Å²) in [6.07, 6.45) is 0. The summed E-state index contributed by atoms with van der Waals surface area (Å²) in [6.45, 7) is 7.47. The molecule has 0 atom stereocenters. The van der Waals surface area contributed by atoms with E-state index in [2.05, 4.69) is 39.6 Å². The number of piperazine rings is 1. The third-order valence-corrected chi connectivity index (χ3v) is 6.92. The second kappa shape index (κ2) is 10.1. The number of carbonyl (C=O) groups excluding carboxylic acids is 3. The lowest BCUT2D eigenvalue weighted by atomic mass is 10.0. The van der Waals surface area contributed by atoms with Crippen LogP contribution in [0.2, 0.25) is 0 Å². The highest BCUT2D eigenvalue weighted by Gasteiger charge is 2.35. The number of aromatic amines is 1. The van der Waals surface area contributed by atoms with Gasteiger partial charge in [-0.25, -0.2) is 4.79 Å². The third-order valence-electron chi connectivity index (χ3n) is 6.92. The number of H-pyrrole nitrogens is 1. The van der Waals surface area contributed by atoms with Crippen LogP contribution in [0, 0.1) is 0 Å². The molecular weight excluding hydrogens is 472 g/mol. The number of rotatable bonds is 6. The average Bonchev–Trinajstić information content (AvgIpc) is 3.47. The molecule has 1 aliphatic carbocycles. The summed E-state index contributed by atoms with van der Waals surface area (Å²) in [6, 6.07) is 12.6. The second-order valence-corrected chi connectivity index (χ2v) is 9.41. The fourth-order valence-electron chi connectivity index (χ4n) is 4.82. The summed E-state index contributed by atoms with van der Waals surface area (Å²) in [4.78, 5) is 42.0. The van der Waals surface area contributed by atoms with Crippen LogP contribution in [0.4, 0.5) is 10.5 Å². The van der Waals surface area contributed by atoms with E-state index in [1.807, 2.05) is 23.1 Å². The number of anilines is 1. The number of amides is 3. The summed E-state index contributed by atoms with van der Waals surface area (Å²) in [5.74, 6) is 0.336. The van der Waals surface area contributed by atoms with Crippen LogP contribution in [-0.4, -0.2) is 83.6 Å². The summed E-state index contributed by atoms with van der Waals surface area (Å²) in [7, 11) is 1.52. The van der Waals surface area contributed by atoms with Crippen LogP contribution < -0.4 is 15.4 Å². The Morgan fingerprint density at radius 3 is 2.46 bits per heavy atom. The van der Waals surface area contributed by atoms with Crippen molar-refractivity contribution in [2.45, 2.75) is 19.9 Å². The Morgan fingerprint density at radius 2 is 1.78 bits per heavy atom. The molecule has 3 amide bonds. The zero-order chi connectivity index (χ0) is 26.1. The first-order valence-corrected chi connectivity index (χ1v) is 12.4. The number of nitrogens with zero attached hydrogens (tertiary/aromatic N) is 3. The van der Waals surface area contributed by atoms with Crippen LogP contribution in [0.25, 0.3) is 22.5 Å². The largest absolute Gasteiger partial charge is 0.484 e. The molecule has 1 aromatic heterocycles. The van der Waals surface area contributed by atoms with Crippen molar-refractivity contribution in [2.75, 3.05) is 45.2 Å². The van der Waals surface area contributed by atoms with Crippen molar-refractivity contribution in [1.29, 1.82) is 0 Å². The van der Waals surface area contributed by atoms with Gasteiger partial charge in [0.2, 0.25) is 0 Å². The number of ketones is 1. The molecule has 10 heteroatoms. The maximum atomic E-state index is 13.4. The van der Waals surface area contributed by atoms with E-state index in [4.69, 9.17) is 4.74 Å². The molecule has 37 heavy (non-hydrogen) atoms. The Balaban J connectivity index is 1.27. The fraction of sp³-hybridized carbons (Fsp3) is 0.333. The zero-order valence-electron chi connectivity index (χ0n) is 21.1. The number of nitrogens with one attached hydrogen (secondary N) is 3. The molecule has 0 radical (unpaired) electrons. The molecule has 10 nitrogen and oxygen atoms in total. The monoisotopic (exact) mass is 502 g/mol. The molecule has 1 saturated heterocycles. The second-order valence-electron chi connectivity index (χ2n) is 9.41. The van der Waals surface area contributed by atoms with Crippen molar-refractivity contribution < 1.29 is 19.1 Å². The predicted molar refractivity (Wildman–Crippen MR) is 140 cm³/mol. The van der Waals surface area contributed by atoms with Gasteiger partial charge in [-0.3, -0.25) is 19.6 Å². The first kappa shape index (κ1) is 24.5. The number of ether oxygens (including phenoxy) is 1. The van der Waals surface area contributed by atoms with Gasteiger partial charge in [0.05, 0.1) is 22.5 Å². The maximum Gasteiger partial charge on any atom is 0.318 e. The SMILES string of the molecule is CNC(=O)Nc1cccc2c1C(=O)c1c(-c3ccc(OCC(=O)N4CCN(C(C)C)CC4)cc3)n[nH]c1-2. The van der Waals surface area contributed by atoms with E-state index in [1.165, 1.54) is 7.05 Å². The first-order valence-electron chi connectivity index (χ1n) is 12.4. The van der Waals surface area contributed by atoms with Crippen LogP contribution in [0.15, 0.2) is 42.5 Å². The number of urea groups is 1. The Hall–Kier alpha value is -4.18. The van der Waals surface area contributed by atoms with Gasteiger partial charge < -0.3 is 20.3 Å². The van der Waals surface area contributed by atoms with Crippen molar-refractivity contribution >= 4 is 23.4 Å². The number of benzene rings is 2. The van der Waals surface area contributed by atoms with Crippen molar-refractivity contribution in [3.63, 3.8) is 0 Å². The van der Waals surface area contributed by atoms with Crippen LogP contribution in [-0.2, 0) is 4.79 Å². The van der Waals surface area contributed by atoms with Gasteiger partial charge in [-0.05, 0) is 44.2 Å². The van der Waals surface area contributed by atoms with Gasteiger partial charge in [0.25, 0.3) is 5.91 Å². The van der Waals surface area contributed by atoms with Crippen molar-refractivity contribution in [3.05, 3.63) is 53.6 Å². The smallest absolute Gasteiger partial charge is 0.318 e. The minimum absolute atomic E-state index is 0.0201. The molecule has 0 spiro atoms. The van der Waals surface area contributed by atoms with Crippen LogP contribution >= 0.6 is 0 Å². The highest BCUT2D eigenvalue weighted by Crippen LogP contribution is 2.43. The molecule has 2 heterocycles. The number of fused-ring (bicyclic) bond motifs is 3. The zero-order valence-corrected chi connectivity index (χ0v) is 21.1. The predicted octanol–water partition coefficient (Wildman–Crippen LogP) is 2.97. The van der Waals surface area contributed by atoms with Crippen LogP contribution in [0.1, 0.15) is 29.8 Å². The quantitative estimate of drug-likeness (QED) is 0.373. The third kappa shape index (κ3) is 4.67. The number of hydrogen-bond donors (Lipinski definition) is 3. The highest BCUT2D eigenvalue weighted by atomic mass is 16.5. The van der Waals surface area contributed by atoms with Gasteiger partial charge in [-0.15, -0.1) is 0 Å². The van der Waals surface area contributed by atoms with Crippen molar-refractivity contribution in [3.8, 4) is 28.3 Å². The Labute approximate surface area is 215 Å². The van der Waals surface area contributed by atoms with Gasteiger partial charge in [0.15, 0.2) is 12.4 Å². The Kier molecular flexibility index (Phi) is 6.66. The molecule has 0 unspecified atom stereocenters. The summed E-state index contributed by atoms with van der Waals surface area (Å²) in [5, 5.41) is 12.6. The lowest BCUT2D eigenvalue weighted by Gasteiger charge is -2.36. The number of aromatic nitrogens is 2. The molecule has 2 aliphatic rings. The van der Waals surface area contributed by atoms with E-state index in [0.717, 1.165) is 18.7 Å². The number of hydrogen-bond acceptors (Lipinski definition) is 6. The van der Waals surface area contributed by atoms with E-state index in [9.17, 15) is 14.4 Å². The first-order chi connectivity index (χ1) is 17.9. The molecule has 1 fully saturated rings. The minimum atomic E-state index is -0.401. The molecule has 3 N–H and O–H groups in total. The van der Waals surface area contributed by atoms with Gasteiger partial charge in [0.1, 0.15) is 11.4 Å². The Bertz CT molecular complexity index is 1340. The average molecular weight is 503 g/mol. The van der Waals surface area contributed by atoms with Crippen LogP contribution in [0.5, 0.6) is 5.75 Å². The normalized spacial score (nSPS) is 14.9. The molecule has 5 rings (SSSR count). The van der Waals surface area contributed by atoms with Crippen molar-refractivity contribution in [2.24, 2.45) is 0 Å². The van der Waals surface area contributed by atoms with E-state index < -0.39 is 6.03 Å². The molecule has 0 bridgehead atoms. The minimum Gasteiger partial charge on any atom is -0.484 e. The summed E-state index contributed by atoms with van der Waals surface area (Å²) in [5.41, 5.74) is 3.92. The lowest BCUT2D eigenvalue weighted by molar-refractivity contribution is -0.135. The maximum absolute atomic E-state index is 13.4. The highest BCUT2D eigenvalue weighted by molar-refractivity contribution is 6.26. The van der Waals surface area contributed by atoms with E-state index in [1.54, 1.807) is 24.3 Å². The van der Waals surface area contributed by atoms with E-state index in [-0.39, 0.29) is 18.3 Å². The lowest BCUT2D eigenvalue weighted by Crippen LogP contribution is -2.51. The summed E-state index contributed by atoms with van der Waals surface area (Å²) >= 11 is 0. The van der Waals surface area contributed by atoms with E-state index >= 15 is 0 Å². The van der Waals surface area contributed by atoms with Gasteiger partial charge in [-0.1, -0.05) is 12.1 Å². The van der Waals surface area contributed by atoms with Gasteiger partial charge in [0, 0.05) is 50.4 Å². The Morgan fingerprint density at radius 1 is 1.05 bits per heavy atom. The molecule has 2 aromatic carbocycles. The van der Waals surface area contributed by atoms with E-state index in [0.29, 0.717) is 58.6 Å². The topological polar surface area (TPSA) is 120 Å². The van der Waals surface area contributed by atoms with Crippen LogP contribution in [0.3, 0.4) is 0 Å². The molecule has 3 aromatic rings. The fourth-order valence-corrected chi connectivity index (χ4v) is 4.82. The van der Waals surface area contributed by atoms with Crippen molar-refractivity contribution in [1.82, 2.24) is 25.3 Å². The van der Waals surface area contributed by atoms with Gasteiger partial charge in [-0.2, -0.15) is 5.10 Å². The standard InChI is InChI=1S/C27H30N6O4/c1-16(2)32-11-13-33(14-12-32)21(34)15-37-18-9-7-17(8-10-18)24-23-25(31-30-24)19-5-4-6-20(22(19)26(23)35)29-27(36)28-3/h4-10,16H,11-15H2,1-3H3,(H,30,31)(H2,28,29,36).